The highest BCUT2D eigenvalue weighted by molar-refractivity contribution is 5.94. The summed E-state index contributed by atoms with van der Waals surface area (Å²) in [6, 6.07) is 9.42. The number of carbonyl (C=O) groups excluding carboxylic acids is 3. The SMILES string of the molecule is CCCN(C(=O)CCNC(=O)OC(C)(C)C)C1CCN(C(=O)c2ccccc2)CC1. The van der Waals surface area contributed by atoms with Crippen molar-refractivity contribution in [3.63, 3.8) is 0 Å². The average Bonchev–Trinajstić information content (AvgIpc) is 2.71. The van der Waals surface area contributed by atoms with E-state index in [1.165, 1.54) is 0 Å². The lowest BCUT2D eigenvalue weighted by molar-refractivity contribution is -0.134. The van der Waals surface area contributed by atoms with Crippen molar-refractivity contribution in [1.82, 2.24) is 15.1 Å². The fourth-order valence-corrected chi connectivity index (χ4v) is 3.63. The standard InChI is InChI=1S/C23H35N3O4/c1-5-15-26(20(27)11-14-24-22(29)30-23(2,3)4)19-12-16-25(17-13-19)21(28)18-9-7-6-8-10-18/h6-10,19H,5,11-17H2,1-4H3,(H,24,29). The molecular formula is C23H35N3O4. The summed E-state index contributed by atoms with van der Waals surface area (Å²) >= 11 is 0. The van der Waals surface area contributed by atoms with E-state index in [4.69, 9.17) is 4.74 Å². The summed E-state index contributed by atoms with van der Waals surface area (Å²) < 4.78 is 5.20. The summed E-state index contributed by atoms with van der Waals surface area (Å²) in [7, 11) is 0. The van der Waals surface area contributed by atoms with E-state index in [9.17, 15) is 14.4 Å². The minimum Gasteiger partial charge on any atom is -0.444 e. The molecule has 7 heteroatoms. The number of carbonyl (C=O) groups is 3. The van der Waals surface area contributed by atoms with Gasteiger partial charge in [0.25, 0.3) is 5.91 Å². The Morgan fingerprint density at radius 3 is 2.33 bits per heavy atom. The molecule has 0 saturated carbocycles. The van der Waals surface area contributed by atoms with Gasteiger partial charge >= 0.3 is 6.09 Å². The largest absolute Gasteiger partial charge is 0.444 e. The van der Waals surface area contributed by atoms with Crippen LogP contribution in [-0.4, -0.2) is 65.5 Å². The highest BCUT2D eigenvalue weighted by Gasteiger charge is 2.29. The maximum Gasteiger partial charge on any atom is 0.407 e. The molecule has 0 unspecified atom stereocenters. The van der Waals surface area contributed by atoms with Gasteiger partial charge in [-0.15, -0.1) is 0 Å². The molecule has 1 heterocycles. The van der Waals surface area contributed by atoms with E-state index in [2.05, 4.69) is 5.32 Å². The average molecular weight is 418 g/mol. The number of nitrogens with zero attached hydrogens (tertiary/aromatic N) is 2. The molecule has 0 spiro atoms. The van der Waals surface area contributed by atoms with Crippen LogP contribution >= 0.6 is 0 Å². The van der Waals surface area contributed by atoms with Crippen LogP contribution in [0.2, 0.25) is 0 Å². The third-order valence-electron chi connectivity index (χ3n) is 5.01. The minimum absolute atomic E-state index is 0.0285. The molecule has 1 aliphatic heterocycles. The molecule has 1 saturated heterocycles. The summed E-state index contributed by atoms with van der Waals surface area (Å²) in [6.07, 6.45) is 2.13. The van der Waals surface area contributed by atoms with Crippen LogP contribution < -0.4 is 5.32 Å². The van der Waals surface area contributed by atoms with Crippen LogP contribution in [0.15, 0.2) is 30.3 Å². The monoisotopic (exact) mass is 417 g/mol. The van der Waals surface area contributed by atoms with Crippen molar-refractivity contribution < 1.29 is 19.1 Å². The zero-order chi connectivity index (χ0) is 22.1. The number of piperidine rings is 1. The number of alkyl carbamates (subject to hydrolysis) is 1. The molecule has 0 atom stereocenters. The molecule has 3 amide bonds. The summed E-state index contributed by atoms with van der Waals surface area (Å²) in [4.78, 5) is 41.0. The summed E-state index contributed by atoms with van der Waals surface area (Å²) in [5.74, 6) is 0.0738. The predicted octanol–water partition coefficient (Wildman–Crippen LogP) is 3.44. The van der Waals surface area contributed by atoms with Crippen LogP contribution in [-0.2, 0) is 9.53 Å². The van der Waals surface area contributed by atoms with Crippen molar-refractivity contribution in [3.8, 4) is 0 Å². The molecular weight excluding hydrogens is 382 g/mol. The van der Waals surface area contributed by atoms with Crippen LogP contribution in [0.5, 0.6) is 0 Å². The highest BCUT2D eigenvalue weighted by atomic mass is 16.6. The number of ether oxygens (including phenoxy) is 1. The van der Waals surface area contributed by atoms with Gasteiger partial charge in [-0.25, -0.2) is 4.79 Å². The summed E-state index contributed by atoms with van der Waals surface area (Å²) in [5, 5.41) is 2.65. The Labute approximate surface area is 179 Å². The quantitative estimate of drug-likeness (QED) is 0.737. The second-order valence-corrected chi connectivity index (χ2v) is 8.66. The molecule has 0 aliphatic carbocycles. The molecule has 1 aliphatic rings. The summed E-state index contributed by atoms with van der Waals surface area (Å²) in [5.41, 5.74) is 0.138. The van der Waals surface area contributed by atoms with Gasteiger partial charge in [-0.3, -0.25) is 9.59 Å². The zero-order valence-electron chi connectivity index (χ0n) is 18.6. The van der Waals surface area contributed by atoms with E-state index < -0.39 is 11.7 Å². The Hall–Kier alpha value is -2.57. The molecule has 1 aromatic carbocycles. The Morgan fingerprint density at radius 2 is 1.77 bits per heavy atom. The van der Waals surface area contributed by atoms with Crippen LogP contribution in [0.3, 0.4) is 0 Å². The first-order valence-corrected chi connectivity index (χ1v) is 10.8. The second kappa shape index (κ2) is 11.0. The first-order chi connectivity index (χ1) is 14.2. The molecule has 1 N–H and O–H groups in total. The van der Waals surface area contributed by atoms with Gasteiger partial charge in [-0.1, -0.05) is 25.1 Å². The zero-order valence-corrected chi connectivity index (χ0v) is 18.6. The fourth-order valence-electron chi connectivity index (χ4n) is 3.63. The van der Waals surface area contributed by atoms with Crippen LogP contribution in [0.25, 0.3) is 0 Å². The number of benzene rings is 1. The van der Waals surface area contributed by atoms with Gasteiger partial charge < -0.3 is 19.9 Å². The number of likely N-dealkylation sites (tertiary alicyclic amines) is 1. The van der Waals surface area contributed by atoms with E-state index >= 15 is 0 Å². The van der Waals surface area contributed by atoms with E-state index in [1.807, 2.05) is 47.1 Å². The van der Waals surface area contributed by atoms with Gasteiger partial charge in [0.15, 0.2) is 0 Å². The number of nitrogens with one attached hydrogen (secondary N) is 1. The van der Waals surface area contributed by atoms with Gasteiger partial charge in [0, 0.05) is 44.2 Å². The fraction of sp³-hybridized carbons (Fsp3) is 0.609. The molecule has 2 rings (SSSR count). The maximum atomic E-state index is 12.8. The molecule has 7 nitrogen and oxygen atoms in total. The minimum atomic E-state index is -0.562. The van der Waals surface area contributed by atoms with Gasteiger partial charge in [0.2, 0.25) is 5.91 Å². The van der Waals surface area contributed by atoms with E-state index in [0.29, 0.717) is 25.2 Å². The maximum absolute atomic E-state index is 12.8. The Morgan fingerprint density at radius 1 is 1.13 bits per heavy atom. The third-order valence-corrected chi connectivity index (χ3v) is 5.01. The van der Waals surface area contributed by atoms with Crippen LogP contribution in [0.4, 0.5) is 4.79 Å². The highest BCUT2D eigenvalue weighted by Crippen LogP contribution is 2.20. The Balaban J connectivity index is 1.84. The van der Waals surface area contributed by atoms with E-state index in [-0.39, 0.29) is 30.8 Å². The van der Waals surface area contributed by atoms with Crippen molar-refractivity contribution in [2.75, 3.05) is 26.2 Å². The lowest BCUT2D eigenvalue weighted by Crippen LogP contribution is -2.49. The molecule has 0 bridgehead atoms. The lowest BCUT2D eigenvalue weighted by Gasteiger charge is -2.38. The molecule has 30 heavy (non-hydrogen) atoms. The smallest absolute Gasteiger partial charge is 0.407 e. The number of amides is 3. The van der Waals surface area contributed by atoms with E-state index in [1.54, 1.807) is 20.8 Å². The predicted molar refractivity (Wildman–Crippen MR) is 116 cm³/mol. The van der Waals surface area contributed by atoms with Gasteiger partial charge in [0.05, 0.1) is 0 Å². The molecule has 0 radical (unpaired) electrons. The van der Waals surface area contributed by atoms with Crippen molar-refractivity contribution >= 4 is 17.9 Å². The number of hydrogen-bond donors (Lipinski definition) is 1. The molecule has 1 fully saturated rings. The number of rotatable bonds is 7. The third kappa shape index (κ3) is 7.35. The number of hydrogen-bond acceptors (Lipinski definition) is 4. The van der Waals surface area contributed by atoms with Crippen molar-refractivity contribution in [2.45, 2.75) is 65.0 Å². The Bertz CT molecular complexity index is 707. The topological polar surface area (TPSA) is 79.0 Å². The second-order valence-electron chi connectivity index (χ2n) is 8.66. The first kappa shape index (κ1) is 23.7. The van der Waals surface area contributed by atoms with Crippen molar-refractivity contribution in [1.29, 1.82) is 0 Å². The molecule has 0 aromatic heterocycles. The van der Waals surface area contributed by atoms with Crippen molar-refractivity contribution in [3.05, 3.63) is 35.9 Å². The van der Waals surface area contributed by atoms with Gasteiger partial charge in [-0.05, 0) is 52.2 Å². The lowest BCUT2D eigenvalue weighted by atomic mass is 10.0. The summed E-state index contributed by atoms with van der Waals surface area (Å²) in [6.45, 7) is 9.67. The normalized spacial score (nSPS) is 14.9. The van der Waals surface area contributed by atoms with Gasteiger partial charge in [0.1, 0.15) is 5.60 Å². The van der Waals surface area contributed by atoms with Crippen molar-refractivity contribution in [2.24, 2.45) is 0 Å². The van der Waals surface area contributed by atoms with E-state index in [0.717, 1.165) is 19.3 Å². The Kier molecular flexibility index (Phi) is 8.69. The van der Waals surface area contributed by atoms with Crippen LogP contribution in [0, 0.1) is 0 Å². The first-order valence-electron chi connectivity index (χ1n) is 10.8. The molecule has 1 aromatic rings. The van der Waals surface area contributed by atoms with Crippen LogP contribution in [0.1, 0.15) is 63.7 Å². The molecule has 166 valence electrons. The van der Waals surface area contributed by atoms with Gasteiger partial charge in [-0.2, -0.15) is 0 Å².